The molecule has 0 aliphatic carbocycles. The zero-order valence-electron chi connectivity index (χ0n) is 4.88. The van der Waals surface area contributed by atoms with Crippen molar-refractivity contribution in [3.05, 3.63) is 0 Å². The standard InChI is InChI=1S/C2H6O6S2/c1-2(9(3)4)8-10(5,6)7/h2H,1H3,(H,3,4)(H,5,6,7)/p-1. The summed E-state index contributed by atoms with van der Waals surface area (Å²) in [5.74, 6) is 0. The van der Waals surface area contributed by atoms with Gasteiger partial charge in [0.1, 0.15) is 5.44 Å². The monoisotopic (exact) mass is 189 g/mol. The highest BCUT2D eigenvalue weighted by atomic mass is 32.3. The first-order chi connectivity index (χ1) is 4.33. The first-order valence-electron chi connectivity index (χ1n) is 2.06. The van der Waals surface area contributed by atoms with Crippen LogP contribution in [-0.2, 0) is 25.7 Å². The van der Waals surface area contributed by atoms with E-state index in [4.69, 9.17) is 4.55 Å². The maximum absolute atomic E-state index is 9.88. The number of rotatable bonds is 3. The van der Waals surface area contributed by atoms with Crippen molar-refractivity contribution in [2.24, 2.45) is 0 Å². The topological polar surface area (TPSA) is 104 Å². The van der Waals surface area contributed by atoms with Gasteiger partial charge in [-0.1, -0.05) is 0 Å². The molecule has 62 valence electrons. The van der Waals surface area contributed by atoms with E-state index in [9.17, 15) is 17.2 Å². The normalized spacial score (nSPS) is 18.3. The Hall–Kier alpha value is -0.0200. The van der Waals surface area contributed by atoms with Gasteiger partial charge in [-0.25, -0.2) is 4.18 Å². The molecule has 0 heterocycles. The maximum Gasteiger partial charge on any atom is 0.398 e. The molecule has 0 fully saturated rings. The highest BCUT2D eigenvalue weighted by Crippen LogP contribution is 1.98. The summed E-state index contributed by atoms with van der Waals surface area (Å²) < 4.78 is 50.9. The summed E-state index contributed by atoms with van der Waals surface area (Å²) in [6.07, 6.45) is 0. The van der Waals surface area contributed by atoms with Gasteiger partial charge >= 0.3 is 10.4 Å². The Labute approximate surface area is 60.4 Å². The lowest BCUT2D eigenvalue weighted by atomic mass is 10.9. The molecule has 0 aromatic carbocycles. The molecule has 6 nitrogen and oxygen atoms in total. The SMILES string of the molecule is CC(OS(=O)(=O)O)S(=O)[O-]. The molecule has 0 rings (SSSR count). The molecule has 0 bridgehead atoms. The first-order valence-corrected chi connectivity index (χ1v) is 4.57. The van der Waals surface area contributed by atoms with Crippen molar-refractivity contribution in [2.45, 2.75) is 12.4 Å². The minimum atomic E-state index is -4.66. The Kier molecular flexibility index (Phi) is 3.39. The highest BCUT2D eigenvalue weighted by molar-refractivity contribution is 7.83. The molecule has 0 spiro atoms. The summed E-state index contributed by atoms with van der Waals surface area (Å²) in [4.78, 5) is 0. The molecular weight excluding hydrogens is 184 g/mol. The molecule has 0 aromatic heterocycles. The molecule has 0 aromatic rings. The van der Waals surface area contributed by atoms with Crippen molar-refractivity contribution < 1.29 is 25.9 Å². The van der Waals surface area contributed by atoms with Gasteiger partial charge in [-0.15, -0.1) is 0 Å². The van der Waals surface area contributed by atoms with E-state index >= 15 is 0 Å². The molecular formula is C2H5O6S2-. The van der Waals surface area contributed by atoms with Gasteiger partial charge in [-0.2, -0.15) is 8.42 Å². The lowest BCUT2D eigenvalue weighted by Gasteiger charge is -2.11. The smallest absolute Gasteiger partial charge is 0.398 e. The Morgan fingerprint density at radius 1 is 1.70 bits per heavy atom. The molecule has 0 saturated carbocycles. The van der Waals surface area contributed by atoms with Gasteiger partial charge in [0.05, 0.1) is 0 Å². The second kappa shape index (κ2) is 3.39. The van der Waals surface area contributed by atoms with E-state index in [1.165, 1.54) is 0 Å². The van der Waals surface area contributed by atoms with Crippen molar-refractivity contribution in [3.63, 3.8) is 0 Å². The third-order valence-electron chi connectivity index (χ3n) is 0.528. The second-order valence-corrected chi connectivity index (χ2v) is 3.58. The van der Waals surface area contributed by atoms with Crippen LogP contribution >= 0.6 is 0 Å². The van der Waals surface area contributed by atoms with Crippen LogP contribution in [0.3, 0.4) is 0 Å². The van der Waals surface area contributed by atoms with Gasteiger partial charge in [0.2, 0.25) is 0 Å². The van der Waals surface area contributed by atoms with E-state index in [0.717, 1.165) is 6.92 Å². The summed E-state index contributed by atoms with van der Waals surface area (Å²) in [5, 5.41) is 0. The lowest BCUT2D eigenvalue weighted by Crippen LogP contribution is -2.18. The molecule has 8 heteroatoms. The first kappa shape index (κ1) is 9.98. The van der Waals surface area contributed by atoms with Gasteiger partial charge in [-0.3, -0.25) is 8.76 Å². The summed E-state index contributed by atoms with van der Waals surface area (Å²) in [7, 11) is -4.66. The van der Waals surface area contributed by atoms with Crippen LogP contribution in [0.25, 0.3) is 0 Å². The molecule has 0 aliphatic rings. The zero-order chi connectivity index (χ0) is 8.36. The minimum Gasteiger partial charge on any atom is -0.770 e. The predicted octanol–water partition coefficient (Wildman–Crippen LogP) is -0.969. The zero-order valence-corrected chi connectivity index (χ0v) is 6.52. The average molecular weight is 189 g/mol. The van der Waals surface area contributed by atoms with Gasteiger partial charge < -0.3 is 4.55 Å². The fourth-order valence-electron chi connectivity index (χ4n) is 0.203. The average Bonchev–Trinajstić information content (AvgIpc) is 1.60. The van der Waals surface area contributed by atoms with Crippen molar-refractivity contribution in [3.8, 4) is 0 Å². The van der Waals surface area contributed by atoms with Crippen LogP contribution in [0.4, 0.5) is 0 Å². The highest BCUT2D eigenvalue weighted by Gasteiger charge is 2.11. The maximum atomic E-state index is 9.88. The van der Waals surface area contributed by atoms with Gasteiger partial charge in [-0.05, 0) is 18.0 Å². The van der Waals surface area contributed by atoms with Crippen LogP contribution in [0.5, 0.6) is 0 Å². The van der Waals surface area contributed by atoms with Crippen molar-refractivity contribution in [1.29, 1.82) is 0 Å². The molecule has 10 heavy (non-hydrogen) atoms. The number of hydrogen-bond acceptors (Lipinski definition) is 5. The van der Waals surface area contributed by atoms with Crippen LogP contribution in [0, 0.1) is 0 Å². The van der Waals surface area contributed by atoms with Crippen molar-refractivity contribution >= 4 is 21.5 Å². The predicted molar refractivity (Wildman–Crippen MR) is 31.0 cm³/mol. The number of hydrogen-bond donors (Lipinski definition) is 1. The van der Waals surface area contributed by atoms with Crippen molar-refractivity contribution in [2.75, 3.05) is 0 Å². The van der Waals surface area contributed by atoms with Crippen molar-refractivity contribution in [1.82, 2.24) is 0 Å². The van der Waals surface area contributed by atoms with Crippen LogP contribution in [0.1, 0.15) is 6.92 Å². The molecule has 2 unspecified atom stereocenters. The van der Waals surface area contributed by atoms with E-state index < -0.39 is 26.9 Å². The lowest BCUT2D eigenvalue weighted by molar-refractivity contribution is 0.248. The quantitative estimate of drug-likeness (QED) is 0.452. The molecule has 0 saturated heterocycles. The van der Waals surface area contributed by atoms with E-state index in [0.29, 0.717) is 0 Å². The van der Waals surface area contributed by atoms with Gasteiger partial charge in [0, 0.05) is 0 Å². The Morgan fingerprint density at radius 2 is 2.10 bits per heavy atom. The fraction of sp³-hybridized carbons (Fsp3) is 1.00. The summed E-state index contributed by atoms with van der Waals surface area (Å²) >= 11 is -2.67. The van der Waals surface area contributed by atoms with Crippen LogP contribution < -0.4 is 0 Å². The summed E-state index contributed by atoms with van der Waals surface area (Å²) in [6.45, 7) is 0.969. The van der Waals surface area contributed by atoms with Gasteiger partial charge in [0.25, 0.3) is 0 Å². The van der Waals surface area contributed by atoms with E-state index in [-0.39, 0.29) is 0 Å². The third-order valence-corrected chi connectivity index (χ3v) is 1.82. The largest absolute Gasteiger partial charge is 0.770 e. The van der Waals surface area contributed by atoms with Crippen LogP contribution in [0.15, 0.2) is 0 Å². The molecule has 0 radical (unpaired) electrons. The third kappa shape index (κ3) is 4.82. The molecule has 1 N–H and O–H groups in total. The fourth-order valence-corrected chi connectivity index (χ4v) is 1.10. The summed E-state index contributed by atoms with van der Waals surface area (Å²) in [6, 6.07) is 0. The molecule has 0 aliphatic heterocycles. The Bertz CT molecular complexity index is 216. The Balaban J connectivity index is 4.06. The van der Waals surface area contributed by atoms with E-state index in [1.54, 1.807) is 0 Å². The van der Waals surface area contributed by atoms with Gasteiger partial charge in [0.15, 0.2) is 0 Å². The Morgan fingerprint density at radius 3 is 2.20 bits per heavy atom. The molecule has 2 atom stereocenters. The van der Waals surface area contributed by atoms with E-state index in [2.05, 4.69) is 4.18 Å². The van der Waals surface area contributed by atoms with Crippen LogP contribution in [-0.4, -0.2) is 27.2 Å². The second-order valence-electron chi connectivity index (χ2n) is 1.35. The van der Waals surface area contributed by atoms with E-state index in [1.807, 2.05) is 0 Å². The van der Waals surface area contributed by atoms with Crippen LogP contribution in [0.2, 0.25) is 0 Å². The molecule has 0 amide bonds. The minimum absolute atomic E-state index is 0.969. The summed E-state index contributed by atoms with van der Waals surface area (Å²) in [5.41, 5.74) is -1.56.